The molecule has 1 rings (SSSR count). The summed E-state index contributed by atoms with van der Waals surface area (Å²) in [6, 6.07) is 6.46. The summed E-state index contributed by atoms with van der Waals surface area (Å²) in [5, 5.41) is 3.43. The Hall–Kier alpha value is -0.800. The maximum atomic E-state index is 5.31. The molecule has 1 aromatic rings. The standard InChI is InChI=1S/C13H18BrNO/c1-4-5-10(2)15-9-11-8-12(14)6-7-13(11)16-3/h4,6-8,10,15H,1,5,9H2,2-3H3. The second-order valence-corrected chi connectivity index (χ2v) is 4.68. The van der Waals surface area contributed by atoms with Gasteiger partial charge in [-0.15, -0.1) is 6.58 Å². The molecule has 1 unspecified atom stereocenters. The van der Waals surface area contributed by atoms with Crippen LogP contribution in [0.5, 0.6) is 5.75 Å². The van der Waals surface area contributed by atoms with E-state index < -0.39 is 0 Å². The van der Waals surface area contributed by atoms with E-state index in [0.717, 1.165) is 28.8 Å². The fourth-order valence-corrected chi connectivity index (χ4v) is 1.91. The predicted molar refractivity (Wildman–Crippen MR) is 71.8 cm³/mol. The first-order valence-corrected chi connectivity index (χ1v) is 6.13. The third-order valence-corrected chi connectivity index (χ3v) is 2.90. The first-order chi connectivity index (χ1) is 7.67. The number of benzene rings is 1. The van der Waals surface area contributed by atoms with Gasteiger partial charge in [-0.3, -0.25) is 0 Å². The molecular weight excluding hydrogens is 266 g/mol. The summed E-state index contributed by atoms with van der Waals surface area (Å²) in [7, 11) is 1.69. The Bertz CT molecular complexity index is 352. The first kappa shape index (κ1) is 13.3. The first-order valence-electron chi connectivity index (χ1n) is 5.34. The molecule has 16 heavy (non-hydrogen) atoms. The van der Waals surface area contributed by atoms with Gasteiger partial charge in [-0.2, -0.15) is 0 Å². The number of halogens is 1. The Morgan fingerprint density at radius 3 is 2.94 bits per heavy atom. The van der Waals surface area contributed by atoms with Gasteiger partial charge >= 0.3 is 0 Å². The van der Waals surface area contributed by atoms with Crippen molar-refractivity contribution < 1.29 is 4.74 Å². The Labute approximate surface area is 106 Å². The fourth-order valence-electron chi connectivity index (χ4n) is 1.50. The van der Waals surface area contributed by atoms with Gasteiger partial charge in [0.15, 0.2) is 0 Å². The second-order valence-electron chi connectivity index (χ2n) is 3.76. The highest BCUT2D eigenvalue weighted by Gasteiger charge is 2.05. The summed E-state index contributed by atoms with van der Waals surface area (Å²) >= 11 is 3.46. The van der Waals surface area contributed by atoms with Crippen molar-refractivity contribution in [3.8, 4) is 5.75 Å². The number of hydrogen-bond acceptors (Lipinski definition) is 2. The van der Waals surface area contributed by atoms with Crippen LogP contribution in [0.1, 0.15) is 18.9 Å². The third-order valence-electron chi connectivity index (χ3n) is 2.40. The number of ether oxygens (including phenoxy) is 1. The molecular formula is C13H18BrNO. The van der Waals surface area contributed by atoms with Crippen LogP contribution in [0.3, 0.4) is 0 Å². The Morgan fingerprint density at radius 1 is 1.56 bits per heavy atom. The minimum atomic E-state index is 0.432. The van der Waals surface area contributed by atoms with Gasteiger partial charge in [-0.1, -0.05) is 22.0 Å². The molecule has 0 bridgehead atoms. The van der Waals surface area contributed by atoms with Gasteiger partial charge in [0.2, 0.25) is 0 Å². The van der Waals surface area contributed by atoms with Crippen LogP contribution < -0.4 is 10.1 Å². The van der Waals surface area contributed by atoms with E-state index in [1.54, 1.807) is 7.11 Å². The number of nitrogens with one attached hydrogen (secondary N) is 1. The van der Waals surface area contributed by atoms with Crippen molar-refractivity contribution in [2.75, 3.05) is 7.11 Å². The van der Waals surface area contributed by atoms with Gasteiger partial charge in [0, 0.05) is 22.6 Å². The predicted octanol–water partition coefficient (Wildman–Crippen LogP) is 3.51. The van der Waals surface area contributed by atoms with E-state index >= 15 is 0 Å². The molecule has 0 saturated carbocycles. The summed E-state index contributed by atoms with van der Waals surface area (Å²) < 4.78 is 6.38. The van der Waals surface area contributed by atoms with Crippen molar-refractivity contribution in [3.63, 3.8) is 0 Å². The van der Waals surface area contributed by atoms with Crippen LogP contribution in [-0.2, 0) is 6.54 Å². The molecule has 1 aromatic carbocycles. The van der Waals surface area contributed by atoms with E-state index in [2.05, 4.69) is 40.8 Å². The van der Waals surface area contributed by atoms with Crippen LogP contribution in [0, 0.1) is 0 Å². The van der Waals surface area contributed by atoms with Gasteiger partial charge in [0.05, 0.1) is 7.11 Å². The zero-order valence-electron chi connectivity index (χ0n) is 9.79. The maximum Gasteiger partial charge on any atom is 0.123 e. The van der Waals surface area contributed by atoms with Gasteiger partial charge in [0.25, 0.3) is 0 Å². The van der Waals surface area contributed by atoms with E-state index in [9.17, 15) is 0 Å². The fraction of sp³-hybridized carbons (Fsp3) is 0.385. The normalized spacial score (nSPS) is 12.2. The molecule has 0 aromatic heterocycles. The van der Waals surface area contributed by atoms with Gasteiger partial charge in [0.1, 0.15) is 5.75 Å². The minimum Gasteiger partial charge on any atom is -0.496 e. The van der Waals surface area contributed by atoms with E-state index in [4.69, 9.17) is 4.74 Å². The molecule has 88 valence electrons. The SMILES string of the molecule is C=CCC(C)NCc1cc(Br)ccc1OC. The molecule has 2 nitrogen and oxygen atoms in total. The van der Waals surface area contributed by atoms with Crippen LogP contribution in [0.4, 0.5) is 0 Å². The molecule has 0 amide bonds. The lowest BCUT2D eigenvalue weighted by Gasteiger charge is -2.14. The molecule has 3 heteroatoms. The molecule has 1 N–H and O–H groups in total. The second kappa shape index (κ2) is 6.71. The highest BCUT2D eigenvalue weighted by molar-refractivity contribution is 9.10. The van der Waals surface area contributed by atoms with Crippen LogP contribution in [0.2, 0.25) is 0 Å². The van der Waals surface area contributed by atoms with Crippen LogP contribution in [-0.4, -0.2) is 13.2 Å². The zero-order valence-corrected chi connectivity index (χ0v) is 11.4. The summed E-state index contributed by atoms with van der Waals surface area (Å²) in [6.07, 6.45) is 2.89. The topological polar surface area (TPSA) is 21.3 Å². The van der Waals surface area contributed by atoms with Crippen molar-refractivity contribution >= 4 is 15.9 Å². The lowest BCUT2D eigenvalue weighted by Crippen LogP contribution is -2.24. The summed E-state index contributed by atoms with van der Waals surface area (Å²) in [6.45, 7) is 6.68. The maximum absolute atomic E-state index is 5.31. The smallest absolute Gasteiger partial charge is 0.123 e. The summed E-state index contributed by atoms with van der Waals surface area (Å²) in [5.74, 6) is 0.918. The number of rotatable bonds is 6. The summed E-state index contributed by atoms with van der Waals surface area (Å²) in [4.78, 5) is 0. The van der Waals surface area contributed by atoms with Crippen LogP contribution in [0.25, 0.3) is 0 Å². The average molecular weight is 284 g/mol. The number of methoxy groups -OCH3 is 1. The molecule has 1 atom stereocenters. The van der Waals surface area contributed by atoms with E-state index in [1.165, 1.54) is 0 Å². The van der Waals surface area contributed by atoms with Gasteiger partial charge < -0.3 is 10.1 Å². The molecule has 0 fully saturated rings. The highest BCUT2D eigenvalue weighted by atomic mass is 79.9. The molecule has 0 spiro atoms. The van der Waals surface area contributed by atoms with Crippen molar-refractivity contribution in [1.29, 1.82) is 0 Å². The molecule has 0 aliphatic carbocycles. The monoisotopic (exact) mass is 283 g/mol. The van der Waals surface area contributed by atoms with E-state index in [-0.39, 0.29) is 0 Å². The zero-order chi connectivity index (χ0) is 12.0. The largest absolute Gasteiger partial charge is 0.496 e. The third kappa shape index (κ3) is 3.99. The summed E-state index contributed by atoms with van der Waals surface area (Å²) in [5.41, 5.74) is 1.16. The Morgan fingerprint density at radius 2 is 2.31 bits per heavy atom. The van der Waals surface area contributed by atoms with Crippen molar-refractivity contribution in [2.24, 2.45) is 0 Å². The van der Waals surface area contributed by atoms with Gasteiger partial charge in [-0.25, -0.2) is 0 Å². The quantitative estimate of drug-likeness (QED) is 0.807. The van der Waals surface area contributed by atoms with Crippen LogP contribution >= 0.6 is 15.9 Å². The highest BCUT2D eigenvalue weighted by Crippen LogP contribution is 2.22. The molecule has 0 saturated heterocycles. The Balaban J connectivity index is 2.64. The lowest BCUT2D eigenvalue weighted by molar-refractivity contribution is 0.405. The van der Waals surface area contributed by atoms with Crippen molar-refractivity contribution in [3.05, 3.63) is 40.9 Å². The molecule has 0 radical (unpaired) electrons. The molecule has 0 aliphatic heterocycles. The number of hydrogen-bond donors (Lipinski definition) is 1. The van der Waals surface area contributed by atoms with Crippen molar-refractivity contribution in [2.45, 2.75) is 25.9 Å². The average Bonchev–Trinajstić information content (AvgIpc) is 2.27. The van der Waals surface area contributed by atoms with E-state index in [1.807, 2.05) is 18.2 Å². The molecule has 0 aliphatic rings. The van der Waals surface area contributed by atoms with E-state index in [0.29, 0.717) is 6.04 Å². The van der Waals surface area contributed by atoms with Crippen molar-refractivity contribution in [1.82, 2.24) is 5.32 Å². The minimum absolute atomic E-state index is 0.432. The van der Waals surface area contributed by atoms with Crippen LogP contribution in [0.15, 0.2) is 35.3 Å². The molecule has 0 heterocycles. The lowest BCUT2D eigenvalue weighted by atomic mass is 10.1. The Kier molecular flexibility index (Phi) is 5.56. The van der Waals surface area contributed by atoms with Gasteiger partial charge in [-0.05, 0) is 31.5 Å².